The molecule has 1 saturated heterocycles. The van der Waals surface area contributed by atoms with Gasteiger partial charge in [-0.25, -0.2) is 4.98 Å². The van der Waals surface area contributed by atoms with E-state index in [1.165, 1.54) is 12.3 Å². The maximum absolute atomic E-state index is 10.7. The topological polar surface area (TPSA) is 104 Å². The first-order valence-corrected chi connectivity index (χ1v) is 6.63. The monoisotopic (exact) mass is 275 g/mol. The molecule has 1 aliphatic heterocycles. The van der Waals surface area contributed by atoms with Crippen LogP contribution in [0.25, 0.3) is 0 Å². The van der Waals surface area contributed by atoms with Gasteiger partial charge in [0.15, 0.2) is 0 Å². The average molecular weight is 275 g/mol. The van der Waals surface area contributed by atoms with E-state index in [4.69, 9.17) is 5.26 Å². The van der Waals surface area contributed by atoms with E-state index in [1.54, 1.807) is 0 Å². The van der Waals surface area contributed by atoms with Crippen molar-refractivity contribution in [2.24, 2.45) is 5.92 Å². The number of nitrogens with zero attached hydrogens (tertiary/aromatic N) is 3. The molecule has 2 rings (SSSR count). The number of rotatable bonds is 4. The number of hydrogen-bond donors (Lipinski definition) is 2. The minimum Gasteiger partial charge on any atom is -0.366 e. The van der Waals surface area contributed by atoms with Crippen molar-refractivity contribution in [1.29, 1.82) is 5.26 Å². The molecule has 2 unspecified atom stereocenters. The van der Waals surface area contributed by atoms with Gasteiger partial charge in [0, 0.05) is 12.1 Å². The smallest absolute Gasteiger partial charge is 0.289 e. The van der Waals surface area contributed by atoms with Gasteiger partial charge in [-0.3, -0.25) is 10.1 Å². The average Bonchev–Trinajstić information content (AvgIpc) is 2.48. The Balaban J connectivity index is 2.12. The highest BCUT2D eigenvalue weighted by atomic mass is 16.6. The Hall–Kier alpha value is -2.20. The minimum absolute atomic E-state index is 0.156. The molecule has 0 radical (unpaired) electrons. The Morgan fingerprint density at radius 1 is 1.70 bits per heavy atom. The number of nitro groups is 1. The number of piperidine rings is 1. The first-order chi connectivity index (χ1) is 9.61. The lowest BCUT2D eigenvalue weighted by molar-refractivity contribution is -0.385. The lowest BCUT2D eigenvalue weighted by Crippen LogP contribution is -2.39. The van der Waals surface area contributed by atoms with Gasteiger partial charge in [0.1, 0.15) is 23.6 Å². The molecule has 0 aliphatic carbocycles. The molecule has 0 aromatic carbocycles. The standard InChI is InChI=1S/C13H17N5O2/c1-9(10-3-2-4-15-7-10)17-13-11(6-14)5-12(8-16-13)18(19)20/h5,8-10,15H,2-4,7H2,1H3,(H,16,17). The molecular formula is C13H17N5O2. The van der Waals surface area contributed by atoms with Gasteiger partial charge in [0.05, 0.1) is 4.92 Å². The van der Waals surface area contributed by atoms with E-state index >= 15 is 0 Å². The van der Waals surface area contributed by atoms with Crippen LogP contribution in [0.15, 0.2) is 12.3 Å². The van der Waals surface area contributed by atoms with E-state index in [1.807, 2.05) is 13.0 Å². The van der Waals surface area contributed by atoms with E-state index in [0.29, 0.717) is 11.7 Å². The second-order valence-corrected chi connectivity index (χ2v) is 5.00. The van der Waals surface area contributed by atoms with Crippen molar-refractivity contribution in [2.45, 2.75) is 25.8 Å². The third-order valence-electron chi connectivity index (χ3n) is 3.61. The van der Waals surface area contributed by atoms with Gasteiger partial charge in [0.2, 0.25) is 0 Å². The van der Waals surface area contributed by atoms with Crippen LogP contribution in [0.2, 0.25) is 0 Å². The summed E-state index contributed by atoms with van der Waals surface area (Å²) in [6.45, 7) is 4.02. The Morgan fingerprint density at radius 3 is 3.10 bits per heavy atom. The van der Waals surface area contributed by atoms with E-state index in [2.05, 4.69) is 15.6 Å². The van der Waals surface area contributed by atoms with E-state index in [9.17, 15) is 10.1 Å². The summed E-state index contributed by atoms with van der Waals surface area (Å²) < 4.78 is 0. The normalized spacial score (nSPS) is 19.9. The first kappa shape index (κ1) is 14.2. The molecule has 20 heavy (non-hydrogen) atoms. The number of anilines is 1. The number of aromatic nitrogens is 1. The zero-order valence-electron chi connectivity index (χ0n) is 11.3. The SMILES string of the molecule is CC(Nc1ncc([N+](=O)[O-])cc1C#N)C1CCCNC1. The fraction of sp³-hybridized carbons (Fsp3) is 0.538. The summed E-state index contributed by atoms with van der Waals surface area (Å²) in [6, 6.07) is 3.36. The van der Waals surface area contributed by atoms with Crippen molar-refractivity contribution in [3.05, 3.63) is 27.9 Å². The van der Waals surface area contributed by atoms with Gasteiger partial charge >= 0.3 is 0 Å². The van der Waals surface area contributed by atoms with Crippen LogP contribution < -0.4 is 10.6 Å². The summed E-state index contributed by atoms with van der Waals surface area (Å²) >= 11 is 0. The predicted molar refractivity (Wildman–Crippen MR) is 74.3 cm³/mol. The third-order valence-corrected chi connectivity index (χ3v) is 3.61. The summed E-state index contributed by atoms with van der Waals surface area (Å²) in [6.07, 6.45) is 3.43. The van der Waals surface area contributed by atoms with Crippen LogP contribution in [0, 0.1) is 27.4 Å². The lowest BCUT2D eigenvalue weighted by Gasteiger charge is -2.29. The third kappa shape index (κ3) is 3.22. The van der Waals surface area contributed by atoms with Crippen LogP contribution in [0.4, 0.5) is 11.5 Å². The molecule has 0 amide bonds. The van der Waals surface area contributed by atoms with Crippen LogP contribution in [0.1, 0.15) is 25.3 Å². The van der Waals surface area contributed by atoms with Crippen LogP contribution in [-0.4, -0.2) is 29.0 Å². The van der Waals surface area contributed by atoms with Gasteiger partial charge < -0.3 is 10.6 Å². The van der Waals surface area contributed by atoms with E-state index in [0.717, 1.165) is 25.9 Å². The first-order valence-electron chi connectivity index (χ1n) is 6.63. The van der Waals surface area contributed by atoms with Crippen LogP contribution in [0.5, 0.6) is 0 Å². The highest BCUT2D eigenvalue weighted by molar-refractivity contribution is 5.55. The lowest BCUT2D eigenvalue weighted by atomic mass is 9.93. The number of nitrogens with one attached hydrogen (secondary N) is 2. The Morgan fingerprint density at radius 2 is 2.50 bits per heavy atom. The predicted octanol–water partition coefficient (Wildman–Crippen LogP) is 1.66. The van der Waals surface area contributed by atoms with Gasteiger partial charge in [-0.1, -0.05) is 0 Å². The number of hydrogen-bond acceptors (Lipinski definition) is 6. The van der Waals surface area contributed by atoms with Crippen molar-refractivity contribution in [2.75, 3.05) is 18.4 Å². The summed E-state index contributed by atoms with van der Waals surface area (Å²) in [5.74, 6) is 0.878. The maximum Gasteiger partial charge on any atom is 0.289 e. The maximum atomic E-state index is 10.7. The molecule has 7 heteroatoms. The number of nitriles is 1. The molecule has 2 heterocycles. The Bertz CT molecular complexity index is 534. The molecule has 0 bridgehead atoms. The molecule has 1 fully saturated rings. The molecule has 0 spiro atoms. The van der Waals surface area contributed by atoms with Crippen LogP contribution >= 0.6 is 0 Å². The molecule has 1 aromatic heterocycles. The molecular weight excluding hydrogens is 258 g/mol. The number of pyridine rings is 1. The van der Waals surface area contributed by atoms with Crippen molar-refractivity contribution in [3.8, 4) is 6.07 Å². The quantitative estimate of drug-likeness (QED) is 0.639. The molecule has 1 aliphatic rings. The molecule has 1 aromatic rings. The van der Waals surface area contributed by atoms with Gasteiger partial charge in [-0.2, -0.15) is 5.26 Å². The summed E-state index contributed by atoms with van der Waals surface area (Å²) in [5, 5.41) is 26.3. The highest BCUT2D eigenvalue weighted by Crippen LogP contribution is 2.22. The zero-order chi connectivity index (χ0) is 14.5. The molecule has 0 saturated carbocycles. The second kappa shape index (κ2) is 6.30. The molecule has 7 nitrogen and oxygen atoms in total. The van der Waals surface area contributed by atoms with Gasteiger partial charge in [0.25, 0.3) is 5.69 Å². The van der Waals surface area contributed by atoms with Gasteiger partial charge in [-0.15, -0.1) is 0 Å². The minimum atomic E-state index is -0.549. The second-order valence-electron chi connectivity index (χ2n) is 5.00. The Kier molecular flexibility index (Phi) is 4.48. The van der Waals surface area contributed by atoms with Crippen LogP contribution in [-0.2, 0) is 0 Å². The van der Waals surface area contributed by atoms with Crippen molar-refractivity contribution < 1.29 is 4.92 Å². The Labute approximate surface area is 117 Å². The van der Waals surface area contributed by atoms with Gasteiger partial charge in [-0.05, 0) is 38.8 Å². The molecule has 2 atom stereocenters. The molecule has 106 valence electrons. The van der Waals surface area contributed by atoms with Crippen LogP contribution in [0.3, 0.4) is 0 Å². The van der Waals surface area contributed by atoms with Crippen molar-refractivity contribution in [3.63, 3.8) is 0 Å². The van der Waals surface area contributed by atoms with E-state index < -0.39 is 4.92 Å². The van der Waals surface area contributed by atoms with Crippen molar-refractivity contribution in [1.82, 2.24) is 10.3 Å². The summed E-state index contributed by atoms with van der Waals surface area (Å²) in [5.41, 5.74) is 0.0360. The van der Waals surface area contributed by atoms with Crippen molar-refractivity contribution >= 4 is 11.5 Å². The highest BCUT2D eigenvalue weighted by Gasteiger charge is 2.21. The zero-order valence-corrected chi connectivity index (χ0v) is 11.3. The fourth-order valence-electron chi connectivity index (χ4n) is 2.39. The molecule has 2 N–H and O–H groups in total. The largest absolute Gasteiger partial charge is 0.366 e. The summed E-state index contributed by atoms with van der Waals surface area (Å²) in [4.78, 5) is 14.1. The summed E-state index contributed by atoms with van der Waals surface area (Å²) in [7, 11) is 0. The fourth-order valence-corrected chi connectivity index (χ4v) is 2.39. The van der Waals surface area contributed by atoms with E-state index in [-0.39, 0.29) is 17.3 Å².